The molecule has 1 N–H and O–H groups in total. The Labute approximate surface area is 132 Å². The molecule has 0 aliphatic carbocycles. The van der Waals surface area contributed by atoms with Gasteiger partial charge in [-0.1, -0.05) is 42.0 Å². The number of hydrogen-bond acceptors (Lipinski definition) is 2. The van der Waals surface area contributed by atoms with Crippen molar-refractivity contribution in [1.82, 2.24) is 5.32 Å². The van der Waals surface area contributed by atoms with Gasteiger partial charge in [0.25, 0.3) is 5.91 Å². The average Bonchev–Trinajstić information content (AvgIpc) is 2.48. The fourth-order valence-corrected chi connectivity index (χ4v) is 2.23. The molecule has 0 bridgehead atoms. The summed E-state index contributed by atoms with van der Waals surface area (Å²) in [5.74, 6) is 0.653. The third-order valence-electron chi connectivity index (χ3n) is 3.57. The van der Waals surface area contributed by atoms with Gasteiger partial charge in [-0.25, -0.2) is 0 Å². The predicted molar refractivity (Wildman–Crippen MR) is 89.0 cm³/mol. The minimum absolute atomic E-state index is 0.109. The molecule has 0 heterocycles. The Morgan fingerprint density at radius 1 is 1.09 bits per heavy atom. The Kier molecular flexibility index (Phi) is 5.21. The number of rotatable bonds is 5. The molecule has 116 valence electrons. The maximum absolute atomic E-state index is 12.2. The minimum atomic E-state index is -0.523. The summed E-state index contributed by atoms with van der Waals surface area (Å²) in [5, 5.41) is 2.92. The standard InChI is InChI=1S/C19H23NO2/c1-13-6-5-7-17(10-13)12-20-19(21)16(4)22-18-11-14(2)8-9-15(18)3/h5-11,16H,12H2,1-4H3,(H,20,21)/t16-/m1/s1. The van der Waals surface area contributed by atoms with Crippen LogP contribution in [0.1, 0.15) is 29.2 Å². The van der Waals surface area contributed by atoms with Crippen molar-refractivity contribution >= 4 is 5.91 Å². The van der Waals surface area contributed by atoms with Crippen molar-refractivity contribution in [2.75, 3.05) is 0 Å². The molecular weight excluding hydrogens is 274 g/mol. The fourth-order valence-electron chi connectivity index (χ4n) is 2.23. The van der Waals surface area contributed by atoms with Gasteiger partial charge in [0.2, 0.25) is 0 Å². The van der Waals surface area contributed by atoms with Gasteiger partial charge in [-0.2, -0.15) is 0 Å². The van der Waals surface area contributed by atoms with Crippen LogP contribution in [0.3, 0.4) is 0 Å². The lowest BCUT2D eigenvalue weighted by Gasteiger charge is -2.17. The summed E-state index contributed by atoms with van der Waals surface area (Å²) in [4.78, 5) is 12.2. The first kappa shape index (κ1) is 16.1. The van der Waals surface area contributed by atoms with Crippen molar-refractivity contribution < 1.29 is 9.53 Å². The van der Waals surface area contributed by atoms with Gasteiger partial charge >= 0.3 is 0 Å². The Morgan fingerprint density at radius 3 is 2.55 bits per heavy atom. The summed E-state index contributed by atoms with van der Waals surface area (Å²) in [6, 6.07) is 14.1. The average molecular weight is 297 g/mol. The molecule has 2 aromatic carbocycles. The van der Waals surface area contributed by atoms with Crippen LogP contribution in [0.5, 0.6) is 5.75 Å². The van der Waals surface area contributed by atoms with Crippen LogP contribution in [0, 0.1) is 20.8 Å². The highest BCUT2D eigenvalue weighted by Gasteiger charge is 2.15. The third-order valence-corrected chi connectivity index (χ3v) is 3.57. The van der Waals surface area contributed by atoms with Gasteiger partial charge in [0, 0.05) is 6.54 Å². The second kappa shape index (κ2) is 7.12. The van der Waals surface area contributed by atoms with Crippen LogP contribution in [-0.2, 0) is 11.3 Å². The molecule has 3 heteroatoms. The van der Waals surface area contributed by atoms with Crippen molar-refractivity contribution in [3.8, 4) is 5.75 Å². The first-order valence-corrected chi connectivity index (χ1v) is 7.53. The Bertz CT molecular complexity index is 664. The second-order valence-electron chi connectivity index (χ2n) is 5.74. The van der Waals surface area contributed by atoms with Crippen LogP contribution in [0.25, 0.3) is 0 Å². The van der Waals surface area contributed by atoms with Crippen molar-refractivity contribution in [2.24, 2.45) is 0 Å². The van der Waals surface area contributed by atoms with Crippen molar-refractivity contribution in [1.29, 1.82) is 0 Å². The van der Waals surface area contributed by atoms with Crippen LogP contribution in [0.4, 0.5) is 0 Å². The summed E-state index contributed by atoms with van der Waals surface area (Å²) < 4.78 is 5.79. The first-order valence-electron chi connectivity index (χ1n) is 7.53. The SMILES string of the molecule is Cc1cccc(CNC(=O)[C@@H](C)Oc2cc(C)ccc2C)c1. The number of nitrogens with one attached hydrogen (secondary N) is 1. The second-order valence-corrected chi connectivity index (χ2v) is 5.74. The highest BCUT2D eigenvalue weighted by molar-refractivity contribution is 5.80. The maximum Gasteiger partial charge on any atom is 0.261 e. The van der Waals surface area contributed by atoms with E-state index in [1.165, 1.54) is 5.56 Å². The van der Waals surface area contributed by atoms with Gasteiger partial charge < -0.3 is 10.1 Å². The molecular formula is C19H23NO2. The molecule has 0 aliphatic heterocycles. The van der Waals surface area contributed by atoms with Crippen LogP contribution < -0.4 is 10.1 Å². The van der Waals surface area contributed by atoms with E-state index in [0.717, 1.165) is 22.4 Å². The smallest absolute Gasteiger partial charge is 0.261 e. The lowest BCUT2D eigenvalue weighted by Crippen LogP contribution is -2.36. The Hall–Kier alpha value is -2.29. The van der Waals surface area contributed by atoms with E-state index in [4.69, 9.17) is 4.74 Å². The Balaban J connectivity index is 1.93. The van der Waals surface area contributed by atoms with Gasteiger partial charge in [0.1, 0.15) is 5.75 Å². The van der Waals surface area contributed by atoms with Gasteiger partial charge in [-0.05, 0) is 50.5 Å². The number of hydrogen-bond donors (Lipinski definition) is 1. The zero-order valence-electron chi connectivity index (χ0n) is 13.6. The summed E-state index contributed by atoms with van der Waals surface area (Å²) in [6.45, 7) is 8.31. The van der Waals surface area contributed by atoms with E-state index in [2.05, 4.69) is 11.4 Å². The lowest BCUT2D eigenvalue weighted by atomic mass is 10.1. The van der Waals surface area contributed by atoms with Crippen LogP contribution in [0.15, 0.2) is 42.5 Å². The Morgan fingerprint density at radius 2 is 1.82 bits per heavy atom. The van der Waals surface area contributed by atoms with Crippen LogP contribution in [0.2, 0.25) is 0 Å². The monoisotopic (exact) mass is 297 g/mol. The highest BCUT2D eigenvalue weighted by atomic mass is 16.5. The summed E-state index contributed by atoms with van der Waals surface area (Å²) >= 11 is 0. The summed E-state index contributed by atoms with van der Waals surface area (Å²) in [5.41, 5.74) is 4.43. The van der Waals surface area contributed by atoms with Crippen molar-refractivity contribution in [3.63, 3.8) is 0 Å². The normalized spacial score (nSPS) is 11.8. The van der Waals surface area contributed by atoms with E-state index in [0.29, 0.717) is 6.54 Å². The molecule has 3 nitrogen and oxygen atoms in total. The van der Waals surface area contributed by atoms with E-state index in [1.807, 2.05) is 57.2 Å². The number of aryl methyl sites for hydroxylation is 3. The van der Waals surface area contributed by atoms with Gasteiger partial charge in [0.15, 0.2) is 6.10 Å². The quantitative estimate of drug-likeness (QED) is 0.914. The topological polar surface area (TPSA) is 38.3 Å². The van der Waals surface area contributed by atoms with E-state index in [1.54, 1.807) is 6.92 Å². The zero-order valence-corrected chi connectivity index (χ0v) is 13.6. The van der Waals surface area contributed by atoms with Crippen molar-refractivity contribution in [2.45, 2.75) is 40.3 Å². The lowest BCUT2D eigenvalue weighted by molar-refractivity contribution is -0.127. The van der Waals surface area contributed by atoms with Crippen LogP contribution in [-0.4, -0.2) is 12.0 Å². The van der Waals surface area contributed by atoms with Gasteiger partial charge in [-0.3, -0.25) is 4.79 Å². The number of carbonyl (C=O) groups excluding carboxylic acids is 1. The number of benzene rings is 2. The largest absolute Gasteiger partial charge is 0.481 e. The van der Waals surface area contributed by atoms with E-state index in [9.17, 15) is 4.79 Å². The molecule has 0 saturated heterocycles. The van der Waals surface area contributed by atoms with Crippen LogP contribution >= 0.6 is 0 Å². The highest BCUT2D eigenvalue weighted by Crippen LogP contribution is 2.20. The molecule has 2 aromatic rings. The van der Waals surface area contributed by atoms with E-state index in [-0.39, 0.29) is 5.91 Å². The molecule has 1 atom stereocenters. The molecule has 0 unspecified atom stereocenters. The summed E-state index contributed by atoms with van der Waals surface area (Å²) in [7, 11) is 0. The number of amides is 1. The first-order chi connectivity index (χ1) is 10.5. The minimum Gasteiger partial charge on any atom is -0.481 e. The molecule has 0 spiro atoms. The molecule has 0 saturated carbocycles. The third kappa shape index (κ3) is 4.35. The molecule has 0 aromatic heterocycles. The fraction of sp³-hybridized carbons (Fsp3) is 0.316. The molecule has 0 fully saturated rings. The molecule has 0 radical (unpaired) electrons. The van der Waals surface area contributed by atoms with E-state index >= 15 is 0 Å². The van der Waals surface area contributed by atoms with Gasteiger partial charge in [-0.15, -0.1) is 0 Å². The number of carbonyl (C=O) groups is 1. The zero-order chi connectivity index (χ0) is 16.1. The molecule has 22 heavy (non-hydrogen) atoms. The number of ether oxygens (including phenoxy) is 1. The van der Waals surface area contributed by atoms with E-state index < -0.39 is 6.10 Å². The predicted octanol–water partition coefficient (Wildman–Crippen LogP) is 3.70. The molecule has 2 rings (SSSR count). The molecule has 0 aliphatic rings. The van der Waals surface area contributed by atoms with Gasteiger partial charge in [0.05, 0.1) is 0 Å². The van der Waals surface area contributed by atoms with Crippen molar-refractivity contribution in [3.05, 3.63) is 64.7 Å². The molecule has 1 amide bonds. The maximum atomic E-state index is 12.2. The summed E-state index contributed by atoms with van der Waals surface area (Å²) in [6.07, 6.45) is -0.523.